The highest BCUT2D eigenvalue weighted by Crippen LogP contribution is 2.28. The molecule has 2 unspecified atom stereocenters. The normalized spacial score (nSPS) is 22.6. The lowest BCUT2D eigenvalue weighted by Gasteiger charge is -2.39. The number of methoxy groups -OCH3 is 1. The number of hydrogen-bond acceptors (Lipinski definition) is 6. The summed E-state index contributed by atoms with van der Waals surface area (Å²) in [5.74, 6) is 1.05. The molecular formula is C14H22N4O2. The molecule has 6 nitrogen and oxygen atoms in total. The van der Waals surface area contributed by atoms with Crippen LogP contribution in [0.25, 0.3) is 0 Å². The van der Waals surface area contributed by atoms with Crippen LogP contribution in [0.5, 0.6) is 0 Å². The first-order valence-corrected chi connectivity index (χ1v) is 7.08. The number of rotatable bonds is 4. The van der Waals surface area contributed by atoms with Crippen LogP contribution < -0.4 is 10.6 Å². The van der Waals surface area contributed by atoms with Gasteiger partial charge in [0.05, 0.1) is 7.11 Å². The van der Waals surface area contributed by atoms with E-state index in [1.807, 2.05) is 6.07 Å². The molecule has 20 heavy (non-hydrogen) atoms. The van der Waals surface area contributed by atoms with Crippen molar-refractivity contribution >= 4 is 11.8 Å². The zero-order valence-corrected chi connectivity index (χ0v) is 12.1. The van der Waals surface area contributed by atoms with Gasteiger partial charge in [-0.3, -0.25) is 0 Å². The van der Waals surface area contributed by atoms with Gasteiger partial charge in [-0.2, -0.15) is 0 Å². The van der Waals surface area contributed by atoms with Crippen molar-refractivity contribution in [2.45, 2.75) is 32.2 Å². The Bertz CT molecular complexity index is 449. The number of anilines is 1. The second-order valence-electron chi connectivity index (χ2n) is 5.15. The lowest BCUT2D eigenvalue weighted by Crippen LogP contribution is -2.47. The molecule has 1 fully saturated rings. The minimum Gasteiger partial charge on any atom is -0.464 e. The first-order chi connectivity index (χ1) is 9.69. The number of carbonyl (C=O) groups is 1. The number of nitrogens with two attached hydrogens (primary N) is 1. The monoisotopic (exact) mass is 278 g/mol. The molecule has 0 bridgehead atoms. The van der Waals surface area contributed by atoms with E-state index in [0.29, 0.717) is 12.6 Å². The number of hydrogen-bond donors (Lipinski definition) is 1. The van der Waals surface area contributed by atoms with Gasteiger partial charge in [0.25, 0.3) is 0 Å². The van der Waals surface area contributed by atoms with Crippen LogP contribution in [-0.4, -0.2) is 42.4 Å². The van der Waals surface area contributed by atoms with Crippen molar-refractivity contribution in [2.75, 3.05) is 25.1 Å². The van der Waals surface area contributed by atoms with Gasteiger partial charge in [-0.1, -0.05) is 13.3 Å². The largest absolute Gasteiger partial charge is 0.464 e. The third-order valence-electron chi connectivity index (χ3n) is 4.01. The second-order valence-corrected chi connectivity index (χ2v) is 5.15. The quantitative estimate of drug-likeness (QED) is 0.834. The Morgan fingerprint density at radius 2 is 2.30 bits per heavy atom. The molecule has 2 heterocycles. The van der Waals surface area contributed by atoms with E-state index in [2.05, 4.69) is 26.8 Å². The number of ether oxygens (including phenoxy) is 1. The summed E-state index contributed by atoms with van der Waals surface area (Å²) < 4.78 is 4.62. The van der Waals surface area contributed by atoms with Gasteiger partial charge < -0.3 is 15.4 Å². The molecule has 0 aromatic carbocycles. The molecule has 110 valence electrons. The molecule has 0 spiro atoms. The predicted octanol–water partition coefficient (Wildman–Crippen LogP) is 1.22. The average molecular weight is 278 g/mol. The summed E-state index contributed by atoms with van der Waals surface area (Å²) in [4.78, 5) is 13.5. The average Bonchev–Trinajstić information content (AvgIpc) is 2.53. The zero-order chi connectivity index (χ0) is 14.5. The summed E-state index contributed by atoms with van der Waals surface area (Å²) in [6, 6.07) is 3.76. The number of esters is 1. The molecule has 2 N–H and O–H groups in total. The molecule has 0 aliphatic carbocycles. The van der Waals surface area contributed by atoms with Crippen LogP contribution in [-0.2, 0) is 4.74 Å². The van der Waals surface area contributed by atoms with Crippen molar-refractivity contribution in [1.82, 2.24) is 10.2 Å². The van der Waals surface area contributed by atoms with Gasteiger partial charge >= 0.3 is 5.97 Å². The topological polar surface area (TPSA) is 81.3 Å². The fraction of sp³-hybridized carbons (Fsp3) is 0.643. The zero-order valence-electron chi connectivity index (χ0n) is 12.1. The van der Waals surface area contributed by atoms with E-state index in [1.165, 1.54) is 13.5 Å². The van der Waals surface area contributed by atoms with Crippen molar-refractivity contribution in [3.8, 4) is 0 Å². The third-order valence-corrected chi connectivity index (χ3v) is 4.01. The summed E-state index contributed by atoms with van der Waals surface area (Å²) in [5.41, 5.74) is 6.11. The predicted molar refractivity (Wildman–Crippen MR) is 76.6 cm³/mol. The fourth-order valence-corrected chi connectivity index (χ4v) is 2.72. The Kier molecular flexibility index (Phi) is 4.89. The summed E-state index contributed by atoms with van der Waals surface area (Å²) >= 11 is 0. The molecule has 6 heteroatoms. The van der Waals surface area contributed by atoms with Crippen LogP contribution in [0, 0.1) is 5.92 Å². The van der Waals surface area contributed by atoms with Crippen LogP contribution >= 0.6 is 0 Å². The molecule has 1 aliphatic heterocycles. The second kappa shape index (κ2) is 6.65. The lowest BCUT2D eigenvalue weighted by molar-refractivity contribution is 0.0592. The van der Waals surface area contributed by atoms with Crippen molar-refractivity contribution in [3.05, 3.63) is 17.8 Å². The van der Waals surface area contributed by atoms with Crippen LogP contribution in [0.15, 0.2) is 12.1 Å². The van der Waals surface area contributed by atoms with E-state index >= 15 is 0 Å². The summed E-state index contributed by atoms with van der Waals surface area (Å²) in [6.07, 6.45) is 3.43. The maximum Gasteiger partial charge on any atom is 0.358 e. The van der Waals surface area contributed by atoms with E-state index in [0.717, 1.165) is 31.1 Å². The van der Waals surface area contributed by atoms with Crippen molar-refractivity contribution in [3.63, 3.8) is 0 Å². The van der Waals surface area contributed by atoms with Gasteiger partial charge in [0.2, 0.25) is 0 Å². The summed E-state index contributed by atoms with van der Waals surface area (Å²) in [6.45, 7) is 3.77. The molecule has 2 atom stereocenters. The Labute approximate surface area is 119 Å². The van der Waals surface area contributed by atoms with Crippen LogP contribution in [0.2, 0.25) is 0 Å². The maximum absolute atomic E-state index is 11.3. The van der Waals surface area contributed by atoms with Crippen molar-refractivity contribution < 1.29 is 9.53 Å². The molecule has 2 rings (SSSR count). The van der Waals surface area contributed by atoms with Gasteiger partial charge in [0.15, 0.2) is 11.5 Å². The van der Waals surface area contributed by atoms with Gasteiger partial charge in [0, 0.05) is 19.1 Å². The molecule has 1 aliphatic rings. The maximum atomic E-state index is 11.3. The van der Waals surface area contributed by atoms with Gasteiger partial charge in [-0.05, 0) is 30.9 Å². The third kappa shape index (κ3) is 3.07. The minimum absolute atomic E-state index is 0.226. The van der Waals surface area contributed by atoms with E-state index < -0.39 is 5.97 Å². The SMILES string of the molecule is CCC1CCN(c2ccc(C(=O)OC)nn2)C(CN)C1. The molecule has 0 radical (unpaired) electrons. The fourth-order valence-electron chi connectivity index (χ4n) is 2.72. The molecule has 1 aromatic heterocycles. The van der Waals surface area contributed by atoms with E-state index in [1.54, 1.807) is 6.07 Å². The standard InChI is InChI=1S/C14H22N4O2/c1-3-10-6-7-18(11(8-10)9-15)13-5-4-12(16-17-13)14(19)20-2/h4-5,10-11H,3,6-9,15H2,1-2H3. The molecule has 0 amide bonds. The van der Waals surface area contributed by atoms with Crippen LogP contribution in [0.3, 0.4) is 0 Å². The van der Waals surface area contributed by atoms with Gasteiger partial charge in [0.1, 0.15) is 0 Å². The highest BCUT2D eigenvalue weighted by molar-refractivity contribution is 5.86. The van der Waals surface area contributed by atoms with Gasteiger partial charge in [-0.15, -0.1) is 10.2 Å². The molecule has 1 saturated heterocycles. The highest BCUT2D eigenvalue weighted by Gasteiger charge is 2.27. The number of carbonyl (C=O) groups excluding carboxylic acids is 1. The van der Waals surface area contributed by atoms with E-state index in [-0.39, 0.29) is 5.69 Å². The van der Waals surface area contributed by atoms with E-state index in [4.69, 9.17) is 5.73 Å². The Morgan fingerprint density at radius 1 is 1.50 bits per heavy atom. The van der Waals surface area contributed by atoms with E-state index in [9.17, 15) is 4.79 Å². The summed E-state index contributed by atoms with van der Waals surface area (Å²) in [7, 11) is 1.33. The first-order valence-electron chi connectivity index (χ1n) is 7.08. The number of aromatic nitrogens is 2. The number of nitrogens with zero attached hydrogens (tertiary/aromatic N) is 3. The van der Waals surface area contributed by atoms with Crippen molar-refractivity contribution in [2.24, 2.45) is 11.7 Å². The van der Waals surface area contributed by atoms with Crippen LogP contribution in [0.1, 0.15) is 36.7 Å². The Morgan fingerprint density at radius 3 is 2.85 bits per heavy atom. The van der Waals surface area contributed by atoms with Crippen LogP contribution in [0.4, 0.5) is 5.82 Å². The smallest absolute Gasteiger partial charge is 0.358 e. The number of piperidine rings is 1. The Hall–Kier alpha value is -1.69. The molecular weight excluding hydrogens is 256 g/mol. The molecule has 1 aromatic rings. The first kappa shape index (κ1) is 14.7. The highest BCUT2D eigenvalue weighted by atomic mass is 16.5. The molecule has 0 saturated carbocycles. The summed E-state index contributed by atoms with van der Waals surface area (Å²) in [5, 5.41) is 8.07. The minimum atomic E-state index is -0.468. The van der Waals surface area contributed by atoms with Gasteiger partial charge in [-0.25, -0.2) is 4.79 Å². The Balaban J connectivity index is 2.12. The lowest BCUT2D eigenvalue weighted by atomic mass is 9.89. The van der Waals surface area contributed by atoms with Crippen molar-refractivity contribution in [1.29, 1.82) is 0 Å².